The summed E-state index contributed by atoms with van der Waals surface area (Å²) in [5, 5.41) is 11.8. The van der Waals surface area contributed by atoms with Gasteiger partial charge in [0.15, 0.2) is 0 Å². The van der Waals surface area contributed by atoms with Crippen molar-refractivity contribution in [2.45, 2.75) is 143 Å². The number of unbranched alkanes of at least 4 members (excludes halogenated alkanes) is 7. The van der Waals surface area contributed by atoms with Gasteiger partial charge in [-0.2, -0.15) is 0 Å². The van der Waals surface area contributed by atoms with Gasteiger partial charge in [-0.15, -0.1) is 0 Å². The normalized spacial score (nSPS) is 33.0. The number of aliphatic hydroxyl groups is 1. The Labute approximate surface area is 258 Å². The average molecular weight is 603 g/mol. The Kier molecular flexibility index (Phi) is 12.6. The van der Waals surface area contributed by atoms with Crippen LogP contribution in [-0.4, -0.2) is 47.8 Å². The molecule has 8 atom stereocenters. The van der Waals surface area contributed by atoms with E-state index in [9.17, 15) is 19.5 Å². The molecule has 0 aromatic carbocycles. The summed E-state index contributed by atoms with van der Waals surface area (Å²) in [6, 6.07) is 0. The van der Waals surface area contributed by atoms with Crippen molar-refractivity contribution in [2.75, 3.05) is 0 Å². The van der Waals surface area contributed by atoms with E-state index in [-0.39, 0.29) is 23.2 Å². The van der Waals surface area contributed by atoms with Crippen molar-refractivity contribution in [1.82, 2.24) is 0 Å². The Morgan fingerprint density at radius 1 is 1.00 bits per heavy atom. The largest absolute Gasteiger partial charge is 0.458 e. The zero-order chi connectivity index (χ0) is 31.8. The molecule has 43 heavy (non-hydrogen) atoms. The van der Waals surface area contributed by atoms with E-state index in [2.05, 4.69) is 33.9 Å². The first kappa shape index (κ1) is 35.0. The van der Waals surface area contributed by atoms with Gasteiger partial charge >= 0.3 is 17.9 Å². The summed E-state index contributed by atoms with van der Waals surface area (Å²) in [5.74, 6) is -1.64. The molecular formula is C35H54O8. The summed E-state index contributed by atoms with van der Waals surface area (Å²) >= 11 is 0. The number of allylic oxidation sites excluding steroid dienone is 2. The number of hydrogen-bond acceptors (Lipinski definition) is 8. The number of rotatable bonds is 16. The molecular weight excluding hydrogens is 548 g/mol. The van der Waals surface area contributed by atoms with Crippen molar-refractivity contribution in [2.24, 2.45) is 22.7 Å². The van der Waals surface area contributed by atoms with E-state index in [4.69, 9.17) is 18.9 Å². The number of ether oxygens (including phenoxy) is 4. The molecule has 2 fully saturated rings. The zero-order valence-corrected chi connectivity index (χ0v) is 27.0. The van der Waals surface area contributed by atoms with Gasteiger partial charge in [-0.25, -0.2) is 0 Å². The van der Waals surface area contributed by atoms with Crippen molar-refractivity contribution in [3.8, 4) is 0 Å². The average Bonchev–Trinajstić information content (AvgIpc) is 3.23. The van der Waals surface area contributed by atoms with Gasteiger partial charge in [0.25, 0.3) is 0 Å². The van der Waals surface area contributed by atoms with Crippen LogP contribution in [0.25, 0.3) is 0 Å². The molecule has 0 radical (unpaired) electrons. The van der Waals surface area contributed by atoms with Gasteiger partial charge in [-0.05, 0) is 55.4 Å². The van der Waals surface area contributed by atoms with Crippen molar-refractivity contribution in [3.05, 3.63) is 36.5 Å². The summed E-state index contributed by atoms with van der Waals surface area (Å²) in [4.78, 5) is 37.5. The quantitative estimate of drug-likeness (QED) is 0.0655. The van der Waals surface area contributed by atoms with Crippen LogP contribution >= 0.6 is 0 Å². The van der Waals surface area contributed by atoms with E-state index in [1.54, 1.807) is 12.2 Å². The van der Waals surface area contributed by atoms with Gasteiger partial charge in [0, 0.05) is 25.8 Å². The van der Waals surface area contributed by atoms with Crippen molar-refractivity contribution < 1.29 is 38.4 Å². The Morgan fingerprint density at radius 3 is 2.23 bits per heavy atom. The first-order valence-corrected chi connectivity index (χ1v) is 16.3. The third-order valence-corrected chi connectivity index (χ3v) is 10.2. The number of hydrogen-bond donors (Lipinski definition) is 1. The lowest BCUT2D eigenvalue weighted by Gasteiger charge is -2.60. The lowest BCUT2D eigenvalue weighted by Crippen LogP contribution is -2.63. The van der Waals surface area contributed by atoms with Crippen molar-refractivity contribution in [1.29, 1.82) is 0 Å². The molecule has 1 heterocycles. The van der Waals surface area contributed by atoms with Crippen molar-refractivity contribution >= 4 is 17.9 Å². The molecule has 1 saturated carbocycles. The molecule has 242 valence electrons. The van der Waals surface area contributed by atoms with Crippen LogP contribution in [0.15, 0.2) is 36.5 Å². The standard InChI is InChI=1S/C35H54O8/c1-8-10-11-12-13-14-15-16-17-31(39)42-27-21-28-32(40-25(5)36)43-33(41-26(6)37)35(28)29(22-27)34(7,19-18-23(3)9-2)24(4)20-30(35)38/h9,21,24,27,29-30,32-33,38H,2-3,8,10-20,22H2,1,4-7H3. The van der Waals surface area contributed by atoms with Gasteiger partial charge in [0.05, 0.1) is 11.5 Å². The summed E-state index contributed by atoms with van der Waals surface area (Å²) in [7, 11) is 0. The second-order valence-electron chi connectivity index (χ2n) is 13.1. The molecule has 0 bridgehead atoms. The molecule has 0 aromatic heterocycles. The maximum absolute atomic E-state index is 13.0. The van der Waals surface area contributed by atoms with E-state index in [0.29, 0.717) is 31.3 Å². The Morgan fingerprint density at radius 2 is 1.63 bits per heavy atom. The predicted octanol–water partition coefficient (Wildman–Crippen LogP) is 7.10. The number of carbonyl (C=O) groups is 3. The maximum atomic E-state index is 13.0. The highest BCUT2D eigenvalue weighted by atomic mass is 16.8. The molecule has 0 amide bonds. The second-order valence-corrected chi connectivity index (χ2v) is 13.1. The van der Waals surface area contributed by atoms with Crippen LogP contribution < -0.4 is 0 Å². The van der Waals surface area contributed by atoms with Crippen LogP contribution in [0.3, 0.4) is 0 Å². The van der Waals surface area contributed by atoms with Crippen LogP contribution in [0.2, 0.25) is 0 Å². The summed E-state index contributed by atoms with van der Waals surface area (Å²) < 4.78 is 23.5. The molecule has 8 heteroatoms. The third-order valence-electron chi connectivity index (χ3n) is 10.2. The van der Waals surface area contributed by atoms with Crippen LogP contribution in [0.1, 0.15) is 118 Å². The van der Waals surface area contributed by atoms with E-state index in [1.807, 2.05) is 0 Å². The van der Waals surface area contributed by atoms with E-state index in [0.717, 1.165) is 31.3 Å². The van der Waals surface area contributed by atoms with Gasteiger partial charge < -0.3 is 19.3 Å². The highest BCUT2D eigenvalue weighted by Gasteiger charge is 2.71. The fraction of sp³-hybridized carbons (Fsp3) is 0.743. The lowest BCUT2D eigenvalue weighted by molar-refractivity contribution is -0.254. The van der Waals surface area contributed by atoms with Gasteiger partial charge in [-0.1, -0.05) is 90.5 Å². The number of esters is 3. The SMILES string of the molecule is C=CC(=C)CCC1(C)C(C)CC(O)C23C(=CC(OC(=O)CCCCCCCCCC)CC12)C(OC(C)=O)OC3OC(C)=O. The Bertz CT molecular complexity index is 1050. The number of aliphatic hydroxyl groups excluding tert-OH is 1. The molecule has 2 aliphatic carbocycles. The predicted molar refractivity (Wildman–Crippen MR) is 164 cm³/mol. The summed E-state index contributed by atoms with van der Waals surface area (Å²) in [6.45, 7) is 17.0. The highest BCUT2D eigenvalue weighted by Crippen LogP contribution is 2.67. The molecule has 0 aromatic rings. The minimum Gasteiger partial charge on any atom is -0.458 e. The Balaban J connectivity index is 1.91. The highest BCUT2D eigenvalue weighted by molar-refractivity contribution is 5.70. The number of carbonyl (C=O) groups excluding carboxylic acids is 3. The van der Waals surface area contributed by atoms with Crippen LogP contribution in [0.4, 0.5) is 0 Å². The van der Waals surface area contributed by atoms with Crippen molar-refractivity contribution in [3.63, 3.8) is 0 Å². The zero-order valence-electron chi connectivity index (χ0n) is 27.0. The molecule has 8 nitrogen and oxygen atoms in total. The fourth-order valence-electron chi connectivity index (χ4n) is 7.65. The van der Waals surface area contributed by atoms with Crippen LogP contribution in [-0.2, 0) is 33.3 Å². The van der Waals surface area contributed by atoms with Gasteiger partial charge in [-0.3, -0.25) is 19.1 Å². The lowest BCUT2D eigenvalue weighted by atomic mass is 9.45. The summed E-state index contributed by atoms with van der Waals surface area (Å²) in [5.41, 5.74) is -0.141. The molecule has 1 aliphatic heterocycles. The minimum atomic E-state index is -1.17. The minimum absolute atomic E-state index is 0.0783. The monoisotopic (exact) mass is 602 g/mol. The first-order chi connectivity index (χ1) is 20.4. The Hall–Kier alpha value is -2.45. The maximum Gasteiger partial charge on any atom is 0.306 e. The van der Waals surface area contributed by atoms with Crippen LogP contribution in [0.5, 0.6) is 0 Å². The third kappa shape index (κ3) is 7.99. The van der Waals surface area contributed by atoms with E-state index in [1.165, 1.54) is 46.0 Å². The van der Waals surface area contributed by atoms with Gasteiger partial charge in [0.1, 0.15) is 6.10 Å². The molecule has 1 N–H and O–H groups in total. The van der Waals surface area contributed by atoms with Gasteiger partial charge in [0.2, 0.25) is 12.6 Å². The molecule has 8 unspecified atom stereocenters. The fourth-order valence-corrected chi connectivity index (χ4v) is 7.65. The first-order valence-electron chi connectivity index (χ1n) is 16.3. The smallest absolute Gasteiger partial charge is 0.306 e. The van der Waals surface area contributed by atoms with E-state index < -0.39 is 42.1 Å². The van der Waals surface area contributed by atoms with Crippen LogP contribution in [0, 0.1) is 22.7 Å². The second kappa shape index (κ2) is 15.5. The molecule has 3 rings (SSSR count). The summed E-state index contributed by atoms with van der Waals surface area (Å²) in [6.07, 6.45) is 11.3. The molecule has 1 spiro atoms. The molecule has 3 aliphatic rings. The van der Waals surface area contributed by atoms with E-state index >= 15 is 0 Å². The molecule has 1 saturated heterocycles. The topological polar surface area (TPSA) is 108 Å².